The first-order valence-corrected chi connectivity index (χ1v) is 16.7. The number of benzene rings is 3. The summed E-state index contributed by atoms with van der Waals surface area (Å²) in [4.78, 5) is 0. The maximum absolute atomic E-state index is 13.3. The van der Waals surface area contributed by atoms with Gasteiger partial charge in [-0.05, 0) is 78.7 Å². The van der Waals surface area contributed by atoms with Crippen molar-refractivity contribution in [1.29, 1.82) is 0 Å². The van der Waals surface area contributed by atoms with Crippen LogP contribution in [0.1, 0.15) is 76.2 Å². The van der Waals surface area contributed by atoms with E-state index in [9.17, 15) is 4.39 Å². The molecular formula is C33H41FSi. The fourth-order valence-electron chi connectivity index (χ4n) is 7.10. The quantitative estimate of drug-likeness (QED) is 0.231. The predicted octanol–water partition coefficient (Wildman–Crippen LogP) is 9.48. The van der Waals surface area contributed by atoms with Gasteiger partial charge in [-0.15, -0.1) is 0 Å². The van der Waals surface area contributed by atoms with Crippen LogP contribution in [0.25, 0.3) is 11.1 Å². The van der Waals surface area contributed by atoms with Gasteiger partial charge in [-0.2, -0.15) is 0 Å². The number of hydrogen-bond donors (Lipinski definition) is 0. The van der Waals surface area contributed by atoms with E-state index in [0.29, 0.717) is 11.3 Å². The lowest BCUT2D eigenvalue weighted by atomic mass is 9.66. The van der Waals surface area contributed by atoms with Crippen molar-refractivity contribution in [3.8, 4) is 11.1 Å². The van der Waals surface area contributed by atoms with Crippen LogP contribution in [0.4, 0.5) is 4.39 Å². The molecule has 3 aromatic carbocycles. The third-order valence-corrected chi connectivity index (χ3v) is 14.8. The fraction of sp³-hybridized carbons (Fsp3) is 0.455. The highest BCUT2D eigenvalue weighted by Gasteiger charge is 2.45. The summed E-state index contributed by atoms with van der Waals surface area (Å²) in [7, 11) is -1.35. The van der Waals surface area contributed by atoms with E-state index in [1.54, 1.807) is 17.3 Å². The average Bonchev–Trinajstić information content (AvgIpc) is 2.92. The summed E-state index contributed by atoms with van der Waals surface area (Å²) in [6.45, 7) is 2.33. The molecule has 3 aromatic rings. The van der Waals surface area contributed by atoms with Crippen LogP contribution in [0.2, 0.25) is 18.1 Å². The SMILES string of the molecule is CCCCC[Si]1(c2ccccc2)CCC2(CCC(c3ccc(-c4ccc(F)cc4)cc3)CC2)CC1. The summed E-state index contributed by atoms with van der Waals surface area (Å²) >= 11 is 0. The highest BCUT2D eigenvalue weighted by atomic mass is 28.3. The fourth-order valence-corrected chi connectivity index (χ4v) is 12.6. The third kappa shape index (κ3) is 5.48. The molecule has 1 spiro atoms. The first-order chi connectivity index (χ1) is 17.1. The highest BCUT2D eigenvalue weighted by molar-refractivity contribution is 6.92. The van der Waals surface area contributed by atoms with Crippen LogP contribution in [-0.2, 0) is 0 Å². The normalized spacial score (nSPS) is 26.6. The summed E-state index contributed by atoms with van der Waals surface area (Å²) in [5.41, 5.74) is 4.38. The molecule has 0 unspecified atom stereocenters. The Morgan fingerprint density at radius 1 is 0.743 bits per heavy atom. The minimum absolute atomic E-state index is 0.172. The second-order valence-electron chi connectivity index (χ2n) is 11.5. The van der Waals surface area contributed by atoms with Crippen molar-refractivity contribution >= 4 is 13.3 Å². The van der Waals surface area contributed by atoms with Crippen molar-refractivity contribution in [2.45, 2.75) is 88.8 Å². The van der Waals surface area contributed by atoms with Crippen LogP contribution in [0.3, 0.4) is 0 Å². The van der Waals surface area contributed by atoms with E-state index in [1.807, 2.05) is 12.1 Å². The van der Waals surface area contributed by atoms with Crippen LogP contribution in [0.5, 0.6) is 0 Å². The van der Waals surface area contributed by atoms with Crippen molar-refractivity contribution in [1.82, 2.24) is 0 Å². The number of rotatable bonds is 7. The van der Waals surface area contributed by atoms with E-state index in [-0.39, 0.29) is 5.82 Å². The van der Waals surface area contributed by atoms with Gasteiger partial charge in [-0.3, -0.25) is 0 Å². The molecule has 0 nitrogen and oxygen atoms in total. The first kappa shape index (κ1) is 24.5. The first-order valence-electron chi connectivity index (χ1n) is 14.0. The molecule has 1 aliphatic carbocycles. The highest BCUT2D eigenvalue weighted by Crippen LogP contribution is 2.53. The van der Waals surface area contributed by atoms with E-state index in [4.69, 9.17) is 0 Å². The van der Waals surface area contributed by atoms with Crippen molar-refractivity contribution in [2.24, 2.45) is 5.41 Å². The zero-order chi connectivity index (χ0) is 24.1. The summed E-state index contributed by atoms with van der Waals surface area (Å²) < 4.78 is 13.3. The van der Waals surface area contributed by atoms with Gasteiger partial charge in [0.15, 0.2) is 0 Å². The Labute approximate surface area is 213 Å². The standard InChI is InChI=1S/C33H41FSi/c1-2-3-7-24-35(32-8-5-4-6-9-32)25-22-33(23-26-35)20-18-30(19-21-33)28-12-10-27(11-13-28)29-14-16-31(34)17-15-29/h4-6,8-17,30H,2-3,7,18-26H2,1H3. The number of halogens is 1. The Hall–Kier alpha value is -2.19. The molecule has 5 rings (SSSR count). The third-order valence-electron chi connectivity index (χ3n) is 9.52. The van der Waals surface area contributed by atoms with Gasteiger partial charge in [0.1, 0.15) is 5.82 Å². The predicted molar refractivity (Wildman–Crippen MR) is 150 cm³/mol. The minimum atomic E-state index is -1.35. The van der Waals surface area contributed by atoms with Gasteiger partial charge < -0.3 is 0 Å². The molecule has 1 aliphatic heterocycles. The molecule has 0 N–H and O–H groups in total. The van der Waals surface area contributed by atoms with Crippen molar-refractivity contribution in [3.05, 3.63) is 90.2 Å². The lowest BCUT2D eigenvalue weighted by molar-refractivity contribution is 0.151. The molecule has 2 aliphatic rings. The van der Waals surface area contributed by atoms with Gasteiger partial charge in [-0.1, -0.05) is 116 Å². The summed E-state index contributed by atoms with van der Waals surface area (Å²) in [5, 5.41) is 1.74. The summed E-state index contributed by atoms with van der Waals surface area (Å²) in [5.74, 6) is 0.527. The second kappa shape index (κ2) is 10.8. The average molecular weight is 485 g/mol. The molecule has 0 atom stereocenters. The van der Waals surface area contributed by atoms with Crippen LogP contribution < -0.4 is 5.19 Å². The maximum atomic E-state index is 13.3. The van der Waals surface area contributed by atoms with Crippen molar-refractivity contribution in [2.75, 3.05) is 0 Å². The molecule has 0 aromatic heterocycles. The molecule has 0 bridgehead atoms. The van der Waals surface area contributed by atoms with Crippen molar-refractivity contribution in [3.63, 3.8) is 0 Å². The number of hydrogen-bond acceptors (Lipinski definition) is 0. The Morgan fingerprint density at radius 3 is 1.94 bits per heavy atom. The van der Waals surface area contributed by atoms with Crippen LogP contribution >= 0.6 is 0 Å². The van der Waals surface area contributed by atoms with Gasteiger partial charge in [0.25, 0.3) is 0 Å². The molecule has 1 heterocycles. The van der Waals surface area contributed by atoms with Gasteiger partial charge in [0, 0.05) is 0 Å². The monoisotopic (exact) mass is 484 g/mol. The maximum Gasteiger partial charge on any atom is 0.123 e. The zero-order valence-electron chi connectivity index (χ0n) is 21.4. The molecule has 2 heteroatoms. The van der Waals surface area contributed by atoms with E-state index < -0.39 is 8.07 Å². The van der Waals surface area contributed by atoms with Gasteiger partial charge in [-0.25, -0.2) is 4.39 Å². The Bertz CT molecular complexity index is 1050. The van der Waals surface area contributed by atoms with Crippen LogP contribution in [0.15, 0.2) is 78.9 Å². The zero-order valence-corrected chi connectivity index (χ0v) is 22.4. The lowest BCUT2D eigenvalue weighted by Gasteiger charge is -2.49. The van der Waals surface area contributed by atoms with E-state index >= 15 is 0 Å². The van der Waals surface area contributed by atoms with Gasteiger partial charge >= 0.3 is 0 Å². The molecular weight excluding hydrogens is 443 g/mol. The van der Waals surface area contributed by atoms with Crippen LogP contribution in [-0.4, -0.2) is 8.07 Å². The smallest absolute Gasteiger partial charge is 0.123 e. The van der Waals surface area contributed by atoms with Gasteiger partial charge in [0.05, 0.1) is 8.07 Å². The molecule has 1 saturated carbocycles. The molecule has 1 saturated heterocycles. The summed E-state index contributed by atoms with van der Waals surface area (Å²) in [6, 6.07) is 32.1. The van der Waals surface area contributed by atoms with E-state index in [1.165, 1.54) is 87.0 Å². The summed E-state index contributed by atoms with van der Waals surface area (Å²) in [6.07, 6.45) is 12.6. The molecule has 35 heavy (non-hydrogen) atoms. The topological polar surface area (TPSA) is 0 Å². The number of unbranched alkanes of at least 4 members (excludes halogenated alkanes) is 2. The second-order valence-corrected chi connectivity index (χ2v) is 16.1. The Kier molecular flexibility index (Phi) is 7.58. The Morgan fingerprint density at radius 2 is 1.34 bits per heavy atom. The minimum Gasteiger partial charge on any atom is -0.207 e. The molecule has 0 radical (unpaired) electrons. The van der Waals surface area contributed by atoms with Crippen LogP contribution in [0, 0.1) is 11.2 Å². The molecule has 2 fully saturated rings. The molecule has 0 amide bonds. The lowest BCUT2D eigenvalue weighted by Crippen LogP contribution is -2.52. The van der Waals surface area contributed by atoms with Gasteiger partial charge in [0.2, 0.25) is 0 Å². The van der Waals surface area contributed by atoms with E-state index in [0.717, 1.165) is 5.56 Å². The van der Waals surface area contributed by atoms with Crippen molar-refractivity contribution < 1.29 is 4.39 Å². The largest absolute Gasteiger partial charge is 0.207 e. The van der Waals surface area contributed by atoms with E-state index in [2.05, 4.69) is 61.5 Å². The molecule has 184 valence electrons. The Balaban J connectivity index is 1.21.